The van der Waals surface area contributed by atoms with Crippen LogP contribution in [0.3, 0.4) is 0 Å². The Morgan fingerprint density at radius 2 is 1.94 bits per heavy atom. The van der Waals surface area contributed by atoms with Crippen molar-refractivity contribution in [1.82, 2.24) is 4.72 Å². The van der Waals surface area contributed by atoms with Gasteiger partial charge in [0.25, 0.3) is 5.91 Å². The summed E-state index contributed by atoms with van der Waals surface area (Å²) in [6, 6.07) is 6.40. The lowest BCUT2D eigenvalue weighted by Gasteiger charge is -2.10. The highest BCUT2D eigenvalue weighted by atomic mass is 32.2. The number of nitrogens with one attached hydrogen (secondary N) is 1. The van der Waals surface area contributed by atoms with Crippen LogP contribution in [-0.4, -0.2) is 40.9 Å². The Morgan fingerprint density at radius 3 is 2.56 bits per heavy atom. The minimum atomic E-state index is -3.59. The van der Waals surface area contributed by atoms with Crippen LogP contribution in [0, 0.1) is 0 Å². The van der Waals surface area contributed by atoms with E-state index in [0.29, 0.717) is 12.4 Å². The van der Waals surface area contributed by atoms with Gasteiger partial charge in [0, 0.05) is 7.11 Å². The van der Waals surface area contributed by atoms with Gasteiger partial charge in [-0.3, -0.25) is 4.79 Å². The number of methoxy groups -OCH3 is 1. The molecule has 7 heteroatoms. The van der Waals surface area contributed by atoms with Gasteiger partial charge >= 0.3 is 0 Å². The largest absolute Gasteiger partial charge is 0.490 e. The van der Waals surface area contributed by atoms with Crippen LogP contribution in [0.25, 0.3) is 0 Å². The molecule has 0 aliphatic rings. The van der Waals surface area contributed by atoms with Crippen LogP contribution in [0.4, 0.5) is 0 Å². The Bertz CT molecular complexity index is 512. The number of hydrogen-bond acceptors (Lipinski definition) is 5. The lowest BCUT2D eigenvalue weighted by molar-refractivity contribution is 0.0974. The highest BCUT2D eigenvalue weighted by Crippen LogP contribution is 2.17. The molecular formula is C11H15NO5S. The number of carbonyl (C=O) groups excluding carboxylic acids is 1. The Morgan fingerprint density at radius 1 is 1.28 bits per heavy atom. The van der Waals surface area contributed by atoms with E-state index >= 15 is 0 Å². The molecule has 0 spiro atoms. The Labute approximate surface area is 106 Å². The molecule has 0 fully saturated rings. The van der Waals surface area contributed by atoms with Crippen molar-refractivity contribution in [3.8, 4) is 5.75 Å². The van der Waals surface area contributed by atoms with Crippen molar-refractivity contribution in [2.75, 3.05) is 26.6 Å². The number of amides is 1. The zero-order chi connectivity index (χ0) is 13.6. The minimum absolute atomic E-state index is 0.166. The summed E-state index contributed by atoms with van der Waals surface area (Å²) >= 11 is 0. The maximum Gasteiger partial charge on any atom is 0.268 e. The Hall–Kier alpha value is -1.60. The molecule has 0 atom stereocenters. The molecule has 0 saturated carbocycles. The maximum atomic E-state index is 11.7. The highest BCUT2D eigenvalue weighted by molar-refractivity contribution is 7.89. The zero-order valence-corrected chi connectivity index (χ0v) is 11.0. The molecule has 0 aliphatic heterocycles. The number of benzene rings is 1. The third-order valence-corrected chi connectivity index (χ3v) is 2.51. The van der Waals surface area contributed by atoms with Gasteiger partial charge < -0.3 is 9.47 Å². The second-order valence-electron chi connectivity index (χ2n) is 3.54. The van der Waals surface area contributed by atoms with Gasteiger partial charge in [-0.05, 0) is 12.1 Å². The summed E-state index contributed by atoms with van der Waals surface area (Å²) in [5.41, 5.74) is 0.166. The molecule has 0 unspecified atom stereocenters. The van der Waals surface area contributed by atoms with Gasteiger partial charge in [-0.1, -0.05) is 12.1 Å². The van der Waals surface area contributed by atoms with Crippen molar-refractivity contribution in [1.29, 1.82) is 0 Å². The van der Waals surface area contributed by atoms with Crippen LogP contribution in [-0.2, 0) is 14.8 Å². The molecule has 0 aromatic heterocycles. The Balaban J connectivity index is 2.84. The highest BCUT2D eigenvalue weighted by Gasteiger charge is 2.15. The number of hydrogen-bond donors (Lipinski definition) is 1. The summed E-state index contributed by atoms with van der Waals surface area (Å²) in [6.45, 7) is 0.654. The lowest BCUT2D eigenvalue weighted by Crippen LogP contribution is -2.29. The summed E-state index contributed by atoms with van der Waals surface area (Å²) < 4.78 is 34.0. The summed E-state index contributed by atoms with van der Waals surface area (Å²) in [4.78, 5) is 11.7. The zero-order valence-electron chi connectivity index (χ0n) is 10.2. The summed E-state index contributed by atoms with van der Waals surface area (Å²) in [6.07, 6.45) is 0.916. The molecule has 1 amide bonds. The SMILES string of the molecule is COCCOc1ccccc1C(=O)NS(C)(=O)=O. The van der Waals surface area contributed by atoms with Gasteiger partial charge in [0.15, 0.2) is 0 Å². The van der Waals surface area contributed by atoms with Crippen molar-refractivity contribution in [2.24, 2.45) is 0 Å². The predicted octanol–water partition coefficient (Wildman–Crippen LogP) is 0.401. The molecule has 1 rings (SSSR count). The Kier molecular flexibility index (Phi) is 5.11. The smallest absolute Gasteiger partial charge is 0.268 e. The summed E-state index contributed by atoms with van der Waals surface area (Å²) in [7, 11) is -2.06. The third kappa shape index (κ3) is 4.72. The molecule has 18 heavy (non-hydrogen) atoms. The second kappa shape index (κ2) is 6.36. The summed E-state index contributed by atoms with van der Waals surface area (Å²) in [5.74, 6) is -0.402. The van der Waals surface area contributed by atoms with Crippen molar-refractivity contribution in [2.45, 2.75) is 0 Å². The molecule has 0 saturated heterocycles. The van der Waals surface area contributed by atoms with Gasteiger partial charge in [0.1, 0.15) is 12.4 Å². The molecule has 0 bridgehead atoms. The van der Waals surface area contributed by atoms with E-state index in [1.807, 2.05) is 4.72 Å². The number of para-hydroxylation sites is 1. The van der Waals surface area contributed by atoms with Gasteiger partial charge in [-0.2, -0.15) is 0 Å². The second-order valence-corrected chi connectivity index (χ2v) is 5.29. The minimum Gasteiger partial charge on any atom is -0.490 e. The van der Waals surface area contributed by atoms with Gasteiger partial charge in [0.2, 0.25) is 10.0 Å². The molecule has 1 aromatic carbocycles. The van der Waals surface area contributed by atoms with Gasteiger partial charge in [-0.15, -0.1) is 0 Å². The summed E-state index contributed by atoms with van der Waals surface area (Å²) in [5, 5.41) is 0. The standard InChI is InChI=1S/C11H15NO5S/c1-16-7-8-17-10-6-4-3-5-9(10)11(13)12-18(2,14)15/h3-6H,7-8H2,1-2H3,(H,12,13). The van der Waals surface area contributed by atoms with Crippen LogP contribution >= 0.6 is 0 Å². The van der Waals surface area contributed by atoms with Crippen molar-refractivity contribution in [3.63, 3.8) is 0 Å². The number of rotatable bonds is 6. The van der Waals surface area contributed by atoms with Crippen molar-refractivity contribution < 1.29 is 22.7 Å². The maximum absolute atomic E-state index is 11.7. The molecule has 1 N–H and O–H groups in total. The molecule has 1 aromatic rings. The first-order valence-corrected chi connectivity index (χ1v) is 7.06. The topological polar surface area (TPSA) is 81.7 Å². The quantitative estimate of drug-likeness (QED) is 0.759. The number of sulfonamides is 1. The fraction of sp³-hybridized carbons (Fsp3) is 0.364. The van der Waals surface area contributed by atoms with E-state index in [-0.39, 0.29) is 12.2 Å². The molecule has 0 aliphatic carbocycles. The van der Waals surface area contributed by atoms with Crippen molar-refractivity contribution in [3.05, 3.63) is 29.8 Å². The normalized spacial score (nSPS) is 11.0. The fourth-order valence-electron chi connectivity index (χ4n) is 1.24. The van der Waals surface area contributed by atoms with Gasteiger partial charge in [0.05, 0.1) is 18.4 Å². The van der Waals surface area contributed by atoms with Crippen LogP contribution < -0.4 is 9.46 Å². The molecule has 100 valence electrons. The average molecular weight is 273 g/mol. The average Bonchev–Trinajstić information content (AvgIpc) is 2.27. The van der Waals surface area contributed by atoms with E-state index in [1.165, 1.54) is 13.2 Å². The van der Waals surface area contributed by atoms with E-state index in [0.717, 1.165) is 6.26 Å². The first-order valence-electron chi connectivity index (χ1n) is 5.17. The predicted molar refractivity (Wildman–Crippen MR) is 66.1 cm³/mol. The van der Waals surface area contributed by atoms with Crippen LogP contribution in [0.5, 0.6) is 5.75 Å². The van der Waals surface area contributed by atoms with E-state index in [2.05, 4.69) is 0 Å². The van der Waals surface area contributed by atoms with E-state index in [1.54, 1.807) is 18.2 Å². The first-order chi connectivity index (χ1) is 8.44. The fourth-order valence-corrected chi connectivity index (χ4v) is 1.69. The van der Waals surface area contributed by atoms with Crippen LogP contribution in [0.2, 0.25) is 0 Å². The van der Waals surface area contributed by atoms with Crippen molar-refractivity contribution >= 4 is 15.9 Å². The number of ether oxygens (including phenoxy) is 2. The first kappa shape index (κ1) is 14.5. The van der Waals surface area contributed by atoms with E-state index < -0.39 is 15.9 Å². The van der Waals surface area contributed by atoms with Crippen LogP contribution in [0.1, 0.15) is 10.4 Å². The number of carbonyl (C=O) groups is 1. The van der Waals surface area contributed by atoms with Gasteiger partial charge in [-0.25, -0.2) is 13.1 Å². The molecule has 0 heterocycles. The molecule has 0 radical (unpaired) electrons. The molecule has 6 nitrogen and oxygen atoms in total. The lowest BCUT2D eigenvalue weighted by atomic mass is 10.2. The van der Waals surface area contributed by atoms with E-state index in [4.69, 9.17) is 9.47 Å². The van der Waals surface area contributed by atoms with E-state index in [9.17, 15) is 13.2 Å². The monoisotopic (exact) mass is 273 g/mol. The molecular weight excluding hydrogens is 258 g/mol. The van der Waals surface area contributed by atoms with Crippen LogP contribution in [0.15, 0.2) is 24.3 Å². The third-order valence-electron chi connectivity index (χ3n) is 1.95.